The van der Waals surface area contributed by atoms with E-state index in [1.165, 1.54) is 47.5 Å². The number of hydrogen-bond donors (Lipinski definition) is 0. The minimum absolute atomic E-state index is 0.251. The van der Waals surface area contributed by atoms with E-state index in [2.05, 4.69) is 0 Å². The molecule has 0 radical (unpaired) electrons. The van der Waals surface area contributed by atoms with Gasteiger partial charge in [0.1, 0.15) is 0 Å². The van der Waals surface area contributed by atoms with Crippen molar-refractivity contribution in [1.82, 2.24) is 19.6 Å². The van der Waals surface area contributed by atoms with Gasteiger partial charge in [0.25, 0.3) is 0 Å². The average Bonchev–Trinajstić information content (AvgIpc) is 2.82. The maximum absolute atomic E-state index is 12.3. The molecule has 2 saturated heterocycles. The summed E-state index contributed by atoms with van der Waals surface area (Å²) in [4.78, 5) is 51.6. The van der Waals surface area contributed by atoms with Crippen LogP contribution in [0.3, 0.4) is 0 Å². The lowest BCUT2D eigenvalue weighted by atomic mass is 10.3. The van der Waals surface area contributed by atoms with E-state index in [1.807, 2.05) is 0 Å². The van der Waals surface area contributed by atoms with Crippen LogP contribution in [0.4, 0.5) is 9.59 Å². The number of rotatable bonds is 4. The van der Waals surface area contributed by atoms with E-state index < -0.39 is 24.3 Å². The molecule has 2 aliphatic heterocycles. The Morgan fingerprint density at radius 2 is 1.18 bits per heavy atom. The summed E-state index contributed by atoms with van der Waals surface area (Å²) < 4.78 is 9.73. The zero-order chi connectivity index (χ0) is 16.6. The van der Waals surface area contributed by atoms with Crippen LogP contribution in [0.2, 0.25) is 0 Å². The molecule has 2 heterocycles. The zero-order valence-electron chi connectivity index (χ0n) is 12.8. The summed E-state index contributed by atoms with van der Waals surface area (Å²) in [5, 5.41) is 0. The predicted molar refractivity (Wildman–Crippen MR) is 70.8 cm³/mol. The highest BCUT2D eigenvalue weighted by Crippen LogP contribution is 2.32. The number of esters is 2. The molecule has 0 aromatic carbocycles. The van der Waals surface area contributed by atoms with Crippen molar-refractivity contribution in [2.24, 2.45) is 0 Å². The summed E-state index contributed by atoms with van der Waals surface area (Å²) >= 11 is 0. The Morgan fingerprint density at radius 3 is 1.45 bits per heavy atom. The molecule has 122 valence electrons. The maximum Gasteiger partial charge on any atom is 0.326 e. The van der Waals surface area contributed by atoms with Crippen LogP contribution in [0.15, 0.2) is 0 Å². The van der Waals surface area contributed by atoms with Crippen molar-refractivity contribution < 1.29 is 28.7 Å². The highest BCUT2D eigenvalue weighted by Gasteiger charge is 2.57. The highest BCUT2D eigenvalue weighted by atomic mass is 16.6. The fourth-order valence-corrected chi connectivity index (χ4v) is 2.58. The lowest BCUT2D eigenvalue weighted by Gasteiger charge is -2.25. The van der Waals surface area contributed by atoms with Gasteiger partial charge in [-0.2, -0.15) is 0 Å². The maximum atomic E-state index is 12.3. The number of likely N-dealkylation sites (N-methyl/N-ethyl adjacent to an activating group) is 2. The molecule has 0 aromatic rings. The van der Waals surface area contributed by atoms with Gasteiger partial charge < -0.3 is 19.3 Å². The summed E-state index contributed by atoms with van der Waals surface area (Å²) in [6.45, 7) is 1.97. The van der Waals surface area contributed by atoms with Crippen molar-refractivity contribution in [3.05, 3.63) is 0 Å². The van der Waals surface area contributed by atoms with Crippen LogP contribution in [-0.4, -0.2) is 83.5 Å². The van der Waals surface area contributed by atoms with Crippen molar-refractivity contribution >= 4 is 24.0 Å². The normalized spacial score (nSPS) is 24.0. The molecule has 2 aliphatic rings. The van der Waals surface area contributed by atoms with Crippen molar-refractivity contribution in [2.75, 3.05) is 27.6 Å². The Bertz CT molecular complexity index is 478. The smallest absolute Gasteiger partial charge is 0.326 e. The SMILES string of the molecule is CC(=O)OCN1C(=O)N(C)[C@@H]2[C@H]1N(C)C(=O)N2COC(C)=O. The fraction of sp³-hybridized carbons (Fsp3) is 0.667. The second-order valence-corrected chi connectivity index (χ2v) is 5.08. The number of amides is 4. The monoisotopic (exact) mass is 314 g/mol. The molecule has 4 amide bonds. The standard InChI is InChI=1S/C12H18N4O6/c1-7(17)21-5-15-9-10(14(4)11(15)19)16(6-22-8(2)18)12(20)13(9)3/h9-10H,5-6H2,1-4H3/t9-,10-/m0/s1. The third kappa shape index (κ3) is 2.51. The summed E-state index contributed by atoms with van der Waals surface area (Å²) in [6, 6.07) is -0.771. The van der Waals surface area contributed by atoms with Crippen LogP contribution in [0.25, 0.3) is 0 Å². The van der Waals surface area contributed by atoms with Gasteiger partial charge in [-0.1, -0.05) is 0 Å². The molecule has 2 atom stereocenters. The van der Waals surface area contributed by atoms with E-state index in [0.29, 0.717) is 0 Å². The number of urea groups is 2. The molecular weight excluding hydrogens is 296 g/mol. The van der Waals surface area contributed by atoms with Crippen molar-refractivity contribution in [3.63, 3.8) is 0 Å². The lowest BCUT2D eigenvalue weighted by Crippen LogP contribution is -2.45. The molecule has 0 spiro atoms. The second-order valence-electron chi connectivity index (χ2n) is 5.08. The van der Waals surface area contributed by atoms with Crippen LogP contribution >= 0.6 is 0 Å². The molecule has 0 aromatic heterocycles. The van der Waals surface area contributed by atoms with Gasteiger partial charge in [0, 0.05) is 27.9 Å². The first-order valence-corrected chi connectivity index (χ1v) is 6.59. The van der Waals surface area contributed by atoms with Crippen LogP contribution in [-0.2, 0) is 19.1 Å². The van der Waals surface area contributed by atoms with Gasteiger partial charge >= 0.3 is 24.0 Å². The lowest BCUT2D eigenvalue weighted by molar-refractivity contribution is -0.147. The van der Waals surface area contributed by atoms with Crippen molar-refractivity contribution in [2.45, 2.75) is 26.2 Å². The van der Waals surface area contributed by atoms with Crippen LogP contribution in [0.1, 0.15) is 13.8 Å². The van der Waals surface area contributed by atoms with Gasteiger partial charge in [-0.25, -0.2) is 9.59 Å². The van der Waals surface area contributed by atoms with Gasteiger partial charge in [0.05, 0.1) is 0 Å². The molecule has 0 unspecified atom stereocenters. The van der Waals surface area contributed by atoms with E-state index in [1.54, 1.807) is 0 Å². The number of nitrogens with zero attached hydrogens (tertiary/aromatic N) is 4. The van der Waals surface area contributed by atoms with Crippen molar-refractivity contribution in [1.29, 1.82) is 0 Å². The first kappa shape index (κ1) is 15.9. The Morgan fingerprint density at radius 1 is 0.864 bits per heavy atom. The van der Waals surface area contributed by atoms with Crippen LogP contribution < -0.4 is 0 Å². The second kappa shape index (κ2) is 5.70. The Kier molecular flexibility index (Phi) is 4.11. The Balaban J connectivity index is 2.21. The van der Waals surface area contributed by atoms with Gasteiger partial charge in [-0.15, -0.1) is 0 Å². The number of hydrogen-bond acceptors (Lipinski definition) is 6. The number of carbonyl (C=O) groups excluding carboxylic acids is 4. The van der Waals surface area contributed by atoms with E-state index in [4.69, 9.17) is 9.47 Å². The summed E-state index contributed by atoms with van der Waals surface area (Å²) in [5.74, 6) is -1.05. The largest absolute Gasteiger partial charge is 0.444 e. The minimum Gasteiger partial charge on any atom is -0.444 e. The number of ether oxygens (including phenoxy) is 2. The molecule has 22 heavy (non-hydrogen) atoms. The number of fused-ring (bicyclic) bond motifs is 1. The number of carbonyl (C=O) groups is 4. The molecule has 2 rings (SSSR count). The highest BCUT2D eigenvalue weighted by molar-refractivity contribution is 5.85. The molecule has 10 heteroatoms. The molecule has 10 nitrogen and oxygen atoms in total. The van der Waals surface area contributed by atoms with Crippen LogP contribution in [0.5, 0.6) is 0 Å². The quantitative estimate of drug-likeness (QED) is 0.643. The molecular formula is C12H18N4O6. The molecule has 0 aliphatic carbocycles. The first-order chi connectivity index (χ1) is 10.3. The van der Waals surface area contributed by atoms with Crippen molar-refractivity contribution in [3.8, 4) is 0 Å². The molecule has 0 N–H and O–H groups in total. The third-order valence-electron chi connectivity index (χ3n) is 3.61. The van der Waals surface area contributed by atoms with Gasteiger partial charge in [0.15, 0.2) is 25.8 Å². The average molecular weight is 314 g/mol. The van der Waals surface area contributed by atoms with Crippen LogP contribution in [0, 0.1) is 0 Å². The zero-order valence-corrected chi connectivity index (χ0v) is 12.8. The van der Waals surface area contributed by atoms with Gasteiger partial charge in [0.2, 0.25) is 0 Å². The van der Waals surface area contributed by atoms with E-state index in [-0.39, 0.29) is 25.5 Å². The summed E-state index contributed by atoms with van der Waals surface area (Å²) in [6.07, 6.45) is -1.25. The predicted octanol–water partition coefficient (Wildman–Crippen LogP) is -0.585. The third-order valence-corrected chi connectivity index (χ3v) is 3.61. The van der Waals surface area contributed by atoms with E-state index in [9.17, 15) is 19.2 Å². The first-order valence-electron chi connectivity index (χ1n) is 6.59. The summed E-state index contributed by atoms with van der Waals surface area (Å²) in [7, 11) is 3.06. The molecule has 2 fully saturated rings. The molecule has 0 saturated carbocycles. The van der Waals surface area contributed by atoms with E-state index in [0.717, 1.165) is 0 Å². The minimum atomic E-state index is -0.625. The molecule has 0 bridgehead atoms. The Labute approximate surface area is 127 Å². The topological polar surface area (TPSA) is 99.7 Å². The summed E-state index contributed by atoms with van der Waals surface area (Å²) in [5.41, 5.74) is 0. The fourth-order valence-electron chi connectivity index (χ4n) is 2.58. The van der Waals surface area contributed by atoms with Gasteiger partial charge in [-0.05, 0) is 0 Å². The van der Waals surface area contributed by atoms with E-state index >= 15 is 0 Å². The Hall–Kier alpha value is -2.52. The van der Waals surface area contributed by atoms with Gasteiger partial charge in [-0.3, -0.25) is 19.4 Å².